The van der Waals surface area contributed by atoms with E-state index in [2.05, 4.69) is 5.32 Å². The van der Waals surface area contributed by atoms with E-state index in [4.69, 9.17) is 27.9 Å². The van der Waals surface area contributed by atoms with Gasteiger partial charge in [-0.1, -0.05) is 43.1 Å². The van der Waals surface area contributed by atoms with Crippen LogP contribution in [0.15, 0.2) is 18.2 Å². The molecule has 1 amide bonds. The molecule has 0 aliphatic rings. The largest absolute Gasteiger partial charge is 0.464 e. The van der Waals surface area contributed by atoms with Gasteiger partial charge in [-0.15, -0.1) is 0 Å². The number of ether oxygens (including phenoxy) is 1. The normalized spacial score (nSPS) is 12.1. The number of esters is 1. The number of rotatable bonds is 6. The lowest BCUT2D eigenvalue weighted by molar-refractivity contribution is -0.148. The maximum atomic E-state index is 12.1. The first-order valence-electron chi connectivity index (χ1n) is 6.75. The molecule has 0 unspecified atom stereocenters. The lowest BCUT2D eigenvalue weighted by atomic mass is 10.0. The van der Waals surface area contributed by atoms with Gasteiger partial charge in [0.05, 0.1) is 13.0 Å². The topological polar surface area (TPSA) is 55.4 Å². The van der Waals surface area contributed by atoms with Gasteiger partial charge in [-0.25, -0.2) is 4.79 Å². The molecule has 1 aromatic rings. The molecule has 116 valence electrons. The molecule has 1 N–H and O–H groups in total. The number of benzene rings is 1. The summed E-state index contributed by atoms with van der Waals surface area (Å²) in [7, 11) is 0. The maximum Gasteiger partial charge on any atom is 0.328 e. The van der Waals surface area contributed by atoms with Crippen LogP contribution in [0.4, 0.5) is 0 Å². The number of hydrogen-bond donors (Lipinski definition) is 1. The molecule has 1 rings (SSSR count). The second-order valence-corrected chi connectivity index (χ2v) is 5.73. The summed E-state index contributed by atoms with van der Waals surface area (Å²) >= 11 is 12.1. The second kappa shape index (κ2) is 8.25. The van der Waals surface area contributed by atoms with Crippen LogP contribution in [-0.2, 0) is 20.7 Å². The molecule has 0 fully saturated rings. The van der Waals surface area contributed by atoms with Crippen LogP contribution in [0.1, 0.15) is 26.3 Å². The molecule has 0 aliphatic carbocycles. The quantitative estimate of drug-likeness (QED) is 0.814. The summed E-state index contributed by atoms with van der Waals surface area (Å²) in [4.78, 5) is 23.9. The third-order valence-corrected chi connectivity index (χ3v) is 3.63. The van der Waals surface area contributed by atoms with Crippen molar-refractivity contribution in [1.82, 2.24) is 5.32 Å². The van der Waals surface area contributed by atoms with Crippen LogP contribution in [0.3, 0.4) is 0 Å². The van der Waals surface area contributed by atoms with Crippen molar-refractivity contribution in [2.75, 3.05) is 6.61 Å². The van der Waals surface area contributed by atoms with E-state index < -0.39 is 12.0 Å². The standard InChI is InChI=1S/C15H19Cl2NO3/c1-4-21-15(20)14(9(2)3)18-13(19)8-10-11(16)6-5-7-12(10)17/h5-7,9,14H,4,8H2,1-3H3,(H,18,19)/t14-/m0/s1. The summed E-state index contributed by atoms with van der Waals surface area (Å²) in [5.41, 5.74) is 0.546. The van der Waals surface area contributed by atoms with Gasteiger partial charge in [-0.3, -0.25) is 4.79 Å². The number of carbonyl (C=O) groups excluding carboxylic acids is 2. The van der Waals surface area contributed by atoms with Crippen molar-refractivity contribution >= 4 is 35.1 Å². The van der Waals surface area contributed by atoms with E-state index in [-0.39, 0.29) is 24.9 Å². The van der Waals surface area contributed by atoms with Crippen molar-refractivity contribution in [3.8, 4) is 0 Å². The molecule has 4 nitrogen and oxygen atoms in total. The molecule has 0 aliphatic heterocycles. The maximum absolute atomic E-state index is 12.1. The fraction of sp³-hybridized carbons (Fsp3) is 0.467. The number of hydrogen-bond acceptors (Lipinski definition) is 3. The van der Waals surface area contributed by atoms with Crippen LogP contribution in [0.25, 0.3) is 0 Å². The minimum Gasteiger partial charge on any atom is -0.464 e. The molecule has 0 saturated carbocycles. The van der Waals surface area contributed by atoms with Crippen molar-refractivity contribution in [1.29, 1.82) is 0 Å². The van der Waals surface area contributed by atoms with E-state index in [1.807, 2.05) is 13.8 Å². The fourth-order valence-corrected chi connectivity index (χ4v) is 2.35. The number of halogens is 2. The molecule has 0 aromatic heterocycles. The minimum atomic E-state index is -0.682. The Balaban J connectivity index is 2.77. The van der Waals surface area contributed by atoms with Gasteiger partial charge in [-0.2, -0.15) is 0 Å². The van der Waals surface area contributed by atoms with Crippen LogP contribution in [-0.4, -0.2) is 24.5 Å². The smallest absolute Gasteiger partial charge is 0.328 e. The van der Waals surface area contributed by atoms with Gasteiger partial charge in [0.15, 0.2) is 0 Å². The molecular formula is C15H19Cl2NO3. The van der Waals surface area contributed by atoms with Gasteiger partial charge in [0.2, 0.25) is 5.91 Å². The molecular weight excluding hydrogens is 313 g/mol. The Kier molecular flexibility index (Phi) is 6.99. The van der Waals surface area contributed by atoms with E-state index in [9.17, 15) is 9.59 Å². The summed E-state index contributed by atoms with van der Waals surface area (Å²) in [5, 5.41) is 3.52. The first-order chi connectivity index (χ1) is 9.86. The lowest BCUT2D eigenvalue weighted by Gasteiger charge is -2.20. The van der Waals surface area contributed by atoms with Gasteiger partial charge in [0.1, 0.15) is 6.04 Å². The summed E-state index contributed by atoms with van der Waals surface area (Å²) in [6.45, 7) is 5.67. The Morgan fingerprint density at radius 3 is 2.29 bits per heavy atom. The summed E-state index contributed by atoms with van der Waals surface area (Å²) in [6, 6.07) is 4.36. The van der Waals surface area contributed by atoms with Crippen LogP contribution in [0.5, 0.6) is 0 Å². The van der Waals surface area contributed by atoms with Gasteiger partial charge in [0.25, 0.3) is 0 Å². The minimum absolute atomic E-state index is 0.0150. The Hall–Kier alpha value is -1.26. The van der Waals surface area contributed by atoms with Gasteiger partial charge >= 0.3 is 5.97 Å². The lowest BCUT2D eigenvalue weighted by Crippen LogP contribution is -2.45. The molecule has 0 radical (unpaired) electrons. The molecule has 0 bridgehead atoms. The Morgan fingerprint density at radius 2 is 1.81 bits per heavy atom. The van der Waals surface area contributed by atoms with Crippen molar-refractivity contribution in [3.05, 3.63) is 33.8 Å². The third-order valence-electron chi connectivity index (χ3n) is 2.92. The highest BCUT2D eigenvalue weighted by molar-refractivity contribution is 6.36. The highest BCUT2D eigenvalue weighted by atomic mass is 35.5. The average molecular weight is 332 g/mol. The van der Waals surface area contributed by atoms with Crippen molar-refractivity contribution in [3.63, 3.8) is 0 Å². The first-order valence-corrected chi connectivity index (χ1v) is 7.51. The van der Waals surface area contributed by atoms with Crippen molar-refractivity contribution in [2.45, 2.75) is 33.2 Å². The highest BCUT2D eigenvalue weighted by Gasteiger charge is 2.25. The zero-order chi connectivity index (χ0) is 16.0. The van der Waals surface area contributed by atoms with Gasteiger partial charge in [-0.05, 0) is 30.5 Å². The zero-order valence-corrected chi connectivity index (χ0v) is 13.8. The van der Waals surface area contributed by atoms with Gasteiger partial charge in [0, 0.05) is 10.0 Å². The Labute approximate surface area is 134 Å². The van der Waals surface area contributed by atoms with E-state index in [1.165, 1.54) is 0 Å². The van der Waals surface area contributed by atoms with Crippen molar-refractivity contribution in [2.24, 2.45) is 5.92 Å². The molecule has 1 aromatic carbocycles. The predicted molar refractivity (Wildman–Crippen MR) is 83.6 cm³/mol. The Morgan fingerprint density at radius 1 is 1.24 bits per heavy atom. The van der Waals surface area contributed by atoms with Crippen molar-refractivity contribution < 1.29 is 14.3 Å². The van der Waals surface area contributed by atoms with E-state index in [1.54, 1.807) is 25.1 Å². The number of amides is 1. The molecule has 0 spiro atoms. The van der Waals surface area contributed by atoms with Crippen LogP contribution in [0.2, 0.25) is 10.0 Å². The third kappa shape index (κ3) is 5.21. The Bertz CT molecular complexity index is 497. The highest BCUT2D eigenvalue weighted by Crippen LogP contribution is 2.24. The predicted octanol–water partition coefficient (Wildman–Crippen LogP) is 3.24. The summed E-state index contributed by atoms with van der Waals surface area (Å²) < 4.78 is 4.96. The SMILES string of the molecule is CCOC(=O)[C@@H](NC(=O)Cc1c(Cl)cccc1Cl)C(C)C. The molecule has 6 heteroatoms. The van der Waals surface area contributed by atoms with Crippen LogP contribution >= 0.6 is 23.2 Å². The van der Waals surface area contributed by atoms with Crippen LogP contribution < -0.4 is 5.32 Å². The van der Waals surface area contributed by atoms with Gasteiger partial charge < -0.3 is 10.1 Å². The fourth-order valence-electron chi connectivity index (χ4n) is 1.82. The molecule has 21 heavy (non-hydrogen) atoms. The molecule has 1 atom stereocenters. The van der Waals surface area contributed by atoms with E-state index >= 15 is 0 Å². The average Bonchev–Trinajstić information content (AvgIpc) is 2.40. The number of carbonyl (C=O) groups is 2. The zero-order valence-electron chi connectivity index (χ0n) is 12.3. The second-order valence-electron chi connectivity index (χ2n) is 4.92. The summed E-state index contributed by atoms with van der Waals surface area (Å²) in [6.07, 6.45) is 0.0150. The summed E-state index contributed by atoms with van der Waals surface area (Å²) in [5.74, 6) is -0.836. The number of nitrogens with one attached hydrogen (secondary N) is 1. The monoisotopic (exact) mass is 331 g/mol. The van der Waals surface area contributed by atoms with E-state index in [0.29, 0.717) is 15.6 Å². The first kappa shape index (κ1) is 17.8. The van der Waals surface area contributed by atoms with E-state index in [0.717, 1.165) is 0 Å². The molecule has 0 heterocycles. The molecule has 0 saturated heterocycles. The van der Waals surface area contributed by atoms with Crippen LogP contribution in [0, 0.1) is 5.92 Å².